The summed E-state index contributed by atoms with van der Waals surface area (Å²) in [5.74, 6) is 1.04. The van der Waals surface area contributed by atoms with E-state index in [-0.39, 0.29) is 4.90 Å². The summed E-state index contributed by atoms with van der Waals surface area (Å²) in [5, 5.41) is 2.72. The molecule has 0 atom stereocenters. The Hall–Kier alpha value is -3.72. The molecule has 3 rings (SSSR count). The molecule has 1 N–H and O–H groups in total. The molecular weight excluding hydrogens is 444 g/mol. The summed E-state index contributed by atoms with van der Waals surface area (Å²) >= 11 is 0. The van der Waals surface area contributed by atoms with Gasteiger partial charge < -0.3 is 19.5 Å². The van der Waals surface area contributed by atoms with Crippen LogP contribution in [0.2, 0.25) is 0 Å². The highest BCUT2D eigenvalue weighted by molar-refractivity contribution is 7.92. The molecule has 0 saturated heterocycles. The van der Waals surface area contributed by atoms with E-state index < -0.39 is 22.5 Å². The Balaban J connectivity index is 1.90. The van der Waals surface area contributed by atoms with Gasteiger partial charge in [-0.05, 0) is 55.5 Å². The van der Waals surface area contributed by atoms with E-state index in [0.717, 1.165) is 4.31 Å². The predicted molar refractivity (Wildman–Crippen MR) is 127 cm³/mol. The fraction of sp³-hybridized carbons (Fsp3) is 0.208. The molecule has 8 nitrogen and oxygen atoms in total. The third-order valence-electron chi connectivity index (χ3n) is 4.72. The molecule has 9 heteroatoms. The standard InChI is InChI=1S/C24H26N2O6S/c1-4-32-20-13-11-19(12-14-20)26(33(28,29)21-8-6-5-7-9-21)17-24(27)25-18-10-15-22(30-2)23(16-18)31-3/h5-16H,4,17H2,1-3H3,(H,25,27). The second-order valence-electron chi connectivity index (χ2n) is 6.87. The van der Waals surface area contributed by atoms with Crippen LogP contribution in [0.15, 0.2) is 77.7 Å². The number of rotatable bonds is 10. The van der Waals surface area contributed by atoms with Crippen LogP contribution in [-0.4, -0.2) is 41.7 Å². The van der Waals surface area contributed by atoms with E-state index in [0.29, 0.717) is 35.2 Å². The molecule has 0 unspecified atom stereocenters. The number of carbonyl (C=O) groups excluding carboxylic acids is 1. The molecule has 0 aliphatic carbocycles. The van der Waals surface area contributed by atoms with E-state index in [1.165, 1.54) is 26.4 Å². The number of hydrogen-bond acceptors (Lipinski definition) is 6. The summed E-state index contributed by atoms with van der Waals surface area (Å²) in [5.41, 5.74) is 0.783. The van der Waals surface area contributed by atoms with Gasteiger partial charge in [-0.15, -0.1) is 0 Å². The Labute approximate surface area is 193 Å². The summed E-state index contributed by atoms with van der Waals surface area (Å²) < 4.78 is 43.8. The molecule has 3 aromatic rings. The number of amides is 1. The predicted octanol–water partition coefficient (Wildman–Crippen LogP) is 3.94. The molecule has 0 radical (unpaired) electrons. The summed E-state index contributed by atoms with van der Waals surface area (Å²) in [6.07, 6.45) is 0. The van der Waals surface area contributed by atoms with Crippen LogP contribution in [0.3, 0.4) is 0 Å². The van der Waals surface area contributed by atoms with Gasteiger partial charge >= 0.3 is 0 Å². The topological polar surface area (TPSA) is 94.2 Å². The van der Waals surface area contributed by atoms with E-state index in [2.05, 4.69) is 5.32 Å². The first kappa shape index (κ1) is 23.9. The molecule has 0 aromatic heterocycles. The number of carbonyl (C=O) groups is 1. The van der Waals surface area contributed by atoms with Crippen LogP contribution < -0.4 is 23.8 Å². The highest BCUT2D eigenvalue weighted by Gasteiger charge is 2.27. The zero-order valence-electron chi connectivity index (χ0n) is 18.6. The Morgan fingerprint density at radius 2 is 1.58 bits per heavy atom. The van der Waals surface area contributed by atoms with Crippen LogP contribution >= 0.6 is 0 Å². The van der Waals surface area contributed by atoms with Crippen molar-refractivity contribution in [2.75, 3.05) is 37.0 Å². The van der Waals surface area contributed by atoms with Crippen molar-refractivity contribution >= 4 is 27.3 Å². The lowest BCUT2D eigenvalue weighted by Gasteiger charge is -2.24. The monoisotopic (exact) mass is 470 g/mol. The first-order valence-electron chi connectivity index (χ1n) is 10.2. The molecule has 0 heterocycles. The van der Waals surface area contributed by atoms with Crippen molar-refractivity contribution in [3.05, 3.63) is 72.8 Å². The van der Waals surface area contributed by atoms with Gasteiger partial charge in [-0.25, -0.2) is 8.42 Å². The van der Waals surface area contributed by atoms with Gasteiger partial charge in [0.25, 0.3) is 10.0 Å². The van der Waals surface area contributed by atoms with Crippen LogP contribution in [0.25, 0.3) is 0 Å². The molecule has 0 bridgehead atoms. The second kappa shape index (κ2) is 10.7. The Morgan fingerprint density at radius 1 is 0.909 bits per heavy atom. The molecule has 0 aliphatic heterocycles. The lowest BCUT2D eigenvalue weighted by Crippen LogP contribution is -2.38. The smallest absolute Gasteiger partial charge is 0.264 e. The number of nitrogens with zero attached hydrogens (tertiary/aromatic N) is 1. The van der Waals surface area contributed by atoms with Crippen LogP contribution in [0.5, 0.6) is 17.2 Å². The minimum Gasteiger partial charge on any atom is -0.494 e. The summed E-state index contributed by atoms with van der Waals surface area (Å²) in [7, 11) is -1.00. The second-order valence-corrected chi connectivity index (χ2v) is 8.73. The molecule has 1 amide bonds. The SMILES string of the molecule is CCOc1ccc(N(CC(=O)Nc2ccc(OC)c(OC)c2)S(=O)(=O)c2ccccc2)cc1. The zero-order chi connectivity index (χ0) is 23.8. The van der Waals surface area contributed by atoms with E-state index in [4.69, 9.17) is 14.2 Å². The molecule has 3 aromatic carbocycles. The van der Waals surface area contributed by atoms with Gasteiger partial charge in [-0.1, -0.05) is 18.2 Å². The van der Waals surface area contributed by atoms with Crippen molar-refractivity contribution in [1.29, 1.82) is 0 Å². The van der Waals surface area contributed by atoms with Crippen LogP contribution in [-0.2, 0) is 14.8 Å². The number of ether oxygens (including phenoxy) is 3. The zero-order valence-corrected chi connectivity index (χ0v) is 19.5. The van der Waals surface area contributed by atoms with E-state index in [1.807, 2.05) is 6.92 Å². The number of methoxy groups -OCH3 is 2. The van der Waals surface area contributed by atoms with Gasteiger partial charge in [0.1, 0.15) is 12.3 Å². The molecule has 0 fully saturated rings. The number of nitrogens with one attached hydrogen (secondary N) is 1. The average Bonchev–Trinajstić information content (AvgIpc) is 2.83. The minimum absolute atomic E-state index is 0.0813. The maximum Gasteiger partial charge on any atom is 0.264 e. The first-order valence-corrected chi connectivity index (χ1v) is 11.7. The Morgan fingerprint density at radius 3 is 2.18 bits per heavy atom. The number of sulfonamides is 1. The molecule has 33 heavy (non-hydrogen) atoms. The summed E-state index contributed by atoms with van der Waals surface area (Å²) in [6, 6.07) is 19.4. The number of hydrogen-bond donors (Lipinski definition) is 1. The normalized spacial score (nSPS) is 10.9. The van der Waals surface area contributed by atoms with Gasteiger partial charge in [0.2, 0.25) is 5.91 Å². The van der Waals surface area contributed by atoms with Crippen LogP contribution in [0.4, 0.5) is 11.4 Å². The van der Waals surface area contributed by atoms with Crippen molar-refractivity contribution in [3.63, 3.8) is 0 Å². The highest BCUT2D eigenvalue weighted by Crippen LogP contribution is 2.30. The van der Waals surface area contributed by atoms with Crippen molar-refractivity contribution in [2.45, 2.75) is 11.8 Å². The largest absolute Gasteiger partial charge is 0.494 e. The Bertz CT molecular complexity index is 1180. The maximum absolute atomic E-state index is 13.4. The minimum atomic E-state index is -4.00. The first-order chi connectivity index (χ1) is 15.9. The van der Waals surface area contributed by atoms with Crippen molar-refractivity contribution in [1.82, 2.24) is 0 Å². The van der Waals surface area contributed by atoms with Gasteiger partial charge in [-0.2, -0.15) is 0 Å². The molecule has 0 spiro atoms. The van der Waals surface area contributed by atoms with E-state index >= 15 is 0 Å². The fourth-order valence-corrected chi connectivity index (χ4v) is 4.60. The quantitative estimate of drug-likeness (QED) is 0.482. The molecule has 0 saturated carbocycles. The molecule has 0 aliphatic rings. The van der Waals surface area contributed by atoms with E-state index in [1.54, 1.807) is 60.7 Å². The Kier molecular flexibility index (Phi) is 7.78. The van der Waals surface area contributed by atoms with Gasteiger partial charge in [0.05, 0.1) is 31.4 Å². The summed E-state index contributed by atoms with van der Waals surface area (Å²) in [6.45, 7) is 1.91. The third-order valence-corrected chi connectivity index (χ3v) is 6.51. The highest BCUT2D eigenvalue weighted by atomic mass is 32.2. The van der Waals surface area contributed by atoms with Gasteiger partial charge in [0.15, 0.2) is 11.5 Å². The number of anilines is 2. The number of benzene rings is 3. The van der Waals surface area contributed by atoms with Crippen molar-refractivity contribution < 1.29 is 27.4 Å². The maximum atomic E-state index is 13.4. The average molecular weight is 471 g/mol. The van der Waals surface area contributed by atoms with Gasteiger partial charge in [0, 0.05) is 11.8 Å². The van der Waals surface area contributed by atoms with Crippen molar-refractivity contribution in [2.24, 2.45) is 0 Å². The molecular formula is C24H26N2O6S. The van der Waals surface area contributed by atoms with E-state index in [9.17, 15) is 13.2 Å². The van der Waals surface area contributed by atoms with Crippen LogP contribution in [0, 0.1) is 0 Å². The lowest BCUT2D eigenvalue weighted by atomic mass is 10.2. The lowest BCUT2D eigenvalue weighted by molar-refractivity contribution is -0.114. The molecule has 174 valence electrons. The van der Waals surface area contributed by atoms with Crippen LogP contribution in [0.1, 0.15) is 6.92 Å². The van der Waals surface area contributed by atoms with Gasteiger partial charge in [-0.3, -0.25) is 9.10 Å². The third kappa shape index (κ3) is 5.75. The fourth-order valence-electron chi connectivity index (χ4n) is 3.15. The summed E-state index contributed by atoms with van der Waals surface area (Å²) in [4.78, 5) is 13.0. The van der Waals surface area contributed by atoms with Crippen molar-refractivity contribution in [3.8, 4) is 17.2 Å².